The molecule has 2 amide bonds. The van der Waals surface area contributed by atoms with Crippen LogP contribution in [0.1, 0.15) is 36.8 Å². The molecule has 2 N–H and O–H groups in total. The Kier molecular flexibility index (Phi) is 6.44. The summed E-state index contributed by atoms with van der Waals surface area (Å²) in [6.45, 7) is 4.31. The lowest BCUT2D eigenvalue weighted by Gasteiger charge is -2.21. The number of nitrogens with one attached hydrogen (secondary N) is 1. The van der Waals surface area contributed by atoms with E-state index < -0.39 is 12.0 Å². The van der Waals surface area contributed by atoms with Gasteiger partial charge >= 0.3 is 12.0 Å². The van der Waals surface area contributed by atoms with Gasteiger partial charge in [-0.3, -0.25) is 0 Å². The van der Waals surface area contributed by atoms with Crippen molar-refractivity contribution in [3.63, 3.8) is 0 Å². The number of aliphatic carboxylic acids is 1. The molecule has 1 unspecified atom stereocenters. The van der Waals surface area contributed by atoms with E-state index >= 15 is 0 Å². The summed E-state index contributed by atoms with van der Waals surface area (Å²) in [5.74, 6) is -0.992. The second-order valence-electron chi connectivity index (χ2n) is 4.70. The van der Waals surface area contributed by atoms with Crippen molar-refractivity contribution in [3.8, 4) is 0 Å². The molecule has 1 rings (SSSR count). The molecule has 1 aromatic heterocycles. The molecular weight excluding hydrogens is 278 g/mol. The van der Waals surface area contributed by atoms with Crippen LogP contribution in [0.5, 0.6) is 0 Å². The topological polar surface area (TPSA) is 82.5 Å². The fraction of sp³-hybridized carbons (Fsp3) is 0.615. The predicted octanol–water partition coefficient (Wildman–Crippen LogP) is 2.24. The maximum absolute atomic E-state index is 12.0. The Labute approximate surface area is 122 Å². The largest absolute Gasteiger partial charge is 0.480 e. The first-order valence-electron chi connectivity index (χ1n) is 6.59. The SMILES string of the molecule is CCCCC(NC(=O)N(C)Cc1scnc1C)C(=O)O. The van der Waals surface area contributed by atoms with Gasteiger partial charge in [0.05, 0.1) is 17.7 Å². The first-order valence-corrected chi connectivity index (χ1v) is 7.47. The summed E-state index contributed by atoms with van der Waals surface area (Å²) >= 11 is 1.49. The molecule has 1 atom stereocenters. The van der Waals surface area contributed by atoms with Crippen LogP contribution in [0, 0.1) is 6.92 Å². The second-order valence-corrected chi connectivity index (χ2v) is 5.64. The van der Waals surface area contributed by atoms with Crippen molar-refractivity contribution in [2.24, 2.45) is 0 Å². The summed E-state index contributed by atoms with van der Waals surface area (Å²) < 4.78 is 0. The van der Waals surface area contributed by atoms with Crippen LogP contribution in [0.3, 0.4) is 0 Å². The first kappa shape index (κ1) is 16.4. The van der Waals surface area contributed by atoms with Gasteiger partial charge in [0, 0.05) is 11.9 Å². The number of carboxylic acids is 1. The van der Waals surface area contributed by atoms with Crippen molar-refractivity contribution < 1.29 is 14.7 Å². The predicted molar refractivity (Wildman–Crippen MR) is 77.8 cm³/mol. The minimum Gasteiger partial charge on any atom is -0.480 e. The van der Waals surface area contributed by atoms with Crippen LogP contribution in [-0.2, 0) is 11.3 Å². The number of thiazole rings is 1. The average Bonchev–Trinajstić information content (AvgIpc) is 2.79. The number of aryl methyl sites for hydroxylation is 1. The number of aromatic nitrogens is 1. The molecular formula is C13H21N3O3S. The van der Waals surface area contributed by atoms with Gasteiger partial charge in [0.15, 0.2) is 0 Å². The Morgan fingerprint density at radius 2 is 2.25 bits per heavy atom. The molecule has 7 heteroatoms. The summed E-state index contributed by atoms with van der Waals surface area (Å²) in [4.78, 5) is 29.7. The third-order valence-corrected chi connectivity index (χ3v) is 3.93. The maximum Gasteiger partial charge on any atom is 0.326 e. The Morgan fingerprint density at radius 1 is 1.55 bits per heavy atom. The molecule has 0 radical (unpaired) electrons. The van der Waals surface area contributed by atoms with Gasteiger partial charge in [-0.1, -0.05) is 19.8 Å². The summed E-state index contributed by atoms with van der Waals surface area (Å²) in [6.07, 6.45) is 2.12. The van der Waals surface area contributed by atoms with Crippen LogP contribution in [-0.4, -0.2) is 40.1 Å². The van der Waals surface area contributed by atoms with Crippen LogP contribution >= 0.6 is 11.3 Å². The third kappa shape index (κ3) is 4.80. The summed E-state index contributed by atoms with van der Waals surface area (Å²) in [7, 11) is 1.65. The van der Waals surface area contributed by atoms with E-state index in [4.69, 9.17) is 5.11 Å². The van der Waals surface area contributed by atoms with Crippen molar-refractivity contribution in [2.45, 2.75) is 45.7 Å². The number of carbonyl (C=O) groups excluding carboxylic acids is 1. The normalized spacial score (nSPS) is 11.9. The van der Waals surface area contributed by atoms with Crippen LogP contribution in [0.2, 0.25) is 0 Å². The molecule has 0 saturated heterocycles. The Bertz CT molecular complexity index is 461. The summed E-state index contributed by atoms with van der Waals surface area (Å²) in [5, 5.41) is 11.6. The Morgan fingerprint density at radius 3 is 2.75 bits per heavy atom. The zero-order valence-electron chi connectivity index (χ0n) is 12.0. The van der Waals surface area contributed by atoms with E-state index in [-0.39, 0.29) is 6.03 Å². The number of hydrogen-bond donors (Lipinski definition) is 2. The smallest absolute Gasteiger partial charge is 0.326 e. The zero-order valence-corrected chi connectivity index (χ0v) is 12.9. The van der Waals surface area contributed by atoms with Gasteiger partial charge in [0.25, 0.3) is 0 Å². The molecule has 112 valence electrons. The number of nitrogens with zero attached hydrogens (tertiary/aromatic N) is 2. The molecule has 0 spiro atoms. The van der Waals surface area contributed by atoms with Gasteiger partial charge in [0.2, 0.25) is 0 Å². The minimum absolute atomic E-state index is 0.374. The second kappa shape index (κ2) is 7.84. The van der Waals surface area contributed by atoms with Crippen molar-refractivity contribution in [1.29, 1.82) is 0 Å². The molecule has 0 aromatic carbocycles. The minimum atomic E-state index is -0.992. The van der Waals surface area contributed by atoms with Crippen LogP contribution < -0.4 is 5.32 Å². The fourth-order valence-corrected chi connectivity index (χ4v) is 2.52. The Hall–Kier alpha value is -1.63. The highest BCUT2D eigenvalue weighted by molar-refractivity contribution is 7.09. The van der Waals surface area contributed by atoms with E-state index in [2.05, 4.69) is 10.3 Å². The van der Waals surface area contributed by atoms with E-state index in [1.165, 1.54) is 16.2 Å². The molecule has 0 saturated carbocycles. The van der Waals surface area contributed by atoms with E-state index in [9.17, 15) is 9.59 Å². The van der Waals surface area contributed by atoms with E-state index in [0.717, 1.165) is 23.4 Å². The van der Waals surface area contributed by atoms with Gasteiger partial charge in [-0.25, -0.2) is 14.6 Å². The van der Waals surface area contributed by atoms with Crippen molar-refractivity contribution in [3.05, 3.63) is 16.1 Å². The lowest BCUT2D eigenvalue weighted by atomic mass is 10.1. The highest BCUT2D eigenvalue weighted by atomic mass is 32.1. The van der Waals surface area contributed by atoms with E-state index in [1.807, 2.05) is 13.8 Å². The van der Waals surface area contributed by atoms with Gasteiger partial charge in [-0.15, -0.1) is 11.3 Å². The lowest BCUT2D eigenvalue weighted by molar-refractivity contribution is -0.139. The molecule has 1 heterocycles. The quantitative estimate of drug-likeness (QED) is 0.809. The van der Waals surface area contributed by atoms with Gasteiger partial charge in [-0.05, 0) is 13.3 Å². The van der Waals surface area contributed by atoms with E-state index in [1.54, 1.807) is 12.6 Å². The Balaban J connectivity index is 2.55. The average molecular weight is 299 g/mol. The van der Waals surface area contributed by atoms with Crippen molar-refractivity contribution in [2.75, 3.05) is 7.05 Å². The summed E-state index contributed by atoms with van der Waals surface area (Å²) in [6, 6.07) is -1.20. The van der Waals surface area contributed by atoms with Crippen LogP contribution in [0.15, 0.2) is 5.51 Å². The monoisotopic (exact) mass is 299 g/mol. The van der Waals surface area contributed by atoms with Gasteiger partial charge in [0.1, 0.15) is 6.04 Å². The molecule has 6 nitrogen and oxygen atoms in total. The zero-order chi connectivity index (χ0) is 15.1. The number of carboxylic acid groups (broad SMARTS) is 1. The molecule has 1 aromatic rings. The van der Waals surface area contributed by atoms with Crippen LogP contribution in [0.25, 0.3) is 0 Å². The number of rotatable bonds is 7. The molecule has 0 bridgehead atoms. The van der Waals surface area contributed by atoms with Crippen molar-refractivity contribution in [1.82, 2.24) is 15.2 Å². The number of carbonyl (C=O) groups is 2. The molecule has 0 aliphatic heterocycles. The number of urea groups is 1. The maximum atomic E-state index is 12.0. The molecule has 0 fully saturated rings. The van der Waals surface area contributed by atoms with Crippen molar-refractivity contribution >= 4 is 23.3 Å². The fourth-order valence-electron chi connectivity index (χ4n) is 1.69. The standard InChI is InChI=1S/C13H21N3O3S/c1-4-5-6-10(12(17)18)15-13(19)16(3)7-11-9(2)14-8-20-11/h8,10H,4-7H2,1-3H3,(H,15,19)(H,17,18). The first-order chi connectivity index (χ1) is 9.45. The number of amides is 2. The highest BCUT2D eigenvalue weighted by Crippen LogP contribution is 2.14. The molecule has 20 heavy (non-hydrogen) atoms. The van der Waals surface area contributed by atoms with E-state index in [0.29, 0.717) is 13.0 Å². The van der Waals surface area contributed by atoms with Gasteiger partial charge < -0.3 is 15.3 Å². The highest BCUT2D eigenvalue weighted by Gasteiger charge is 2.21. The molecule has 0 aliphatic rings. The van der Waals surface area contributed by atoms with Gasteiger partial charge in [-0.2, -0.15) is 0 Å². The third-order valence-electron chi connectivity index (χ3n) is 3.01. The number of unbranched alkanes of at least 4 members (excludes halogenated alkanes) is 1. The number of hydrogen-bond acceptors (Lipinski definition) is 4. The lowest BCUT2D eigenvalue weighted by Crippen LogP contribution is -2.46. The molecule has 0 aliphatic carbocycles. The summed E-state index contributed by atoms with van der Waals surface area (Å²) in [5.41, 5.74) is 2.63. The van der Waals surface area contributed by atoms with Crippen LogP contribution in [0.4, 0.5) is 4.79 Å².